The first-order chi connectivity index (χ1) is 16.1. The highest BCUT2D eigenvalue weighted by Crippen LogP contribution is 2.38. The zero-order valence-corrected chi connectivity index (χ0v) is 18.5. The maximum absolute atomic E-state index is 13.0. The minimum Gasteiger partial charge on any atom is -0.872 e. The van der Waals surface area contributed by atoms with Crippen molar-refractivity contribution in [3.8, 4) is 17.2 Å². The molecular formula is C27H26N2O4. The first-order valence-corrected chi connectivity index (χ1v) is 11.3. The molecule has 0 spiro atoms. The predicted octanol–water partition coefficient (Wildman–Crippen LogP) is 3.09. The molecule has 0 aliphatic carbocycles. The molecule has 0 radical (unpaired) electrons. The number of fused-ring (bicyclic) bond motifs is 1. The summed E-state index contributed by atoms with van der Waals surface area (Å²) in [7, 11) is 1.61. The van der Waals surface area contributed by atoms with Crippen LogP contribution in [-0.4, -0.2) is 24.4 Å². The van der Waals surface area contributed by atoms with Gasteiger partial charge >= 0.3 is 0 Å². The van der Waals surface area contributed by atoms with Crippen LogP contribution < -0.4 is 19.5 Å². The summed E-state index contributed by atoms with van der Waals surface area (Å²) in [4.78, 5) is 18.6. The first kappa shape index (κ1) is 21.2. The van der Waals surface area contributed by atoms with Crippen molar-refractivity contribution in [1.29, 1.82) is 0 Å². The highest BCUT2D eigenvalue weighted by Gasteiger charge is 2.33. The molecule has 33 heavy (non-hydrogen) atoms. The number of nitrogens with zero attached hydrogens (tertiary/aromatic N) is 1. The van der Waals surface area contributed by atoms with Gasteiger partial charge in [0.2, 0.25) is 5.78 Å². The number of hydrogen-bond donors (Lipinski definition) is 1. The van der Waals surface area contributed by atoms with E-state index in [-0.39, 0.29) is 23.3 Å². The van der Waals surface area contributed by atoms with Crippen LogP contribution in [0.25, 0.3) is 6.08 Å². The van der Waals surface area contributed by atoms with Gasteiger partial charge in [0, 0.05) is 29.9 Å². The van der Waals surface area contributed by atoms with Crippen LogP contribution in [0.1, 0.15) is 52.4 Å². The topological polar surface area (TPSA) is 75.9 Å². The van der Waals surface area contributed by atoms with Crippen molar-refractivity contribution < 1.29 is 24.3 Å². The third-order valence-corrected chi connectivity index (χ3v) is 6.54. The number of hydrogen-bond acceptors (Lipinski definition) is 5. The molecule has 6 nitrogen and oxygen atoms in total. The molecule has 2 aliphatic heterocycles. The van der Waals surface area contributed by atoms with Gasteiger partial charge in [0.25, 0.3) is 0 Å². The molecule has 0 amide bonds. The van der Waals surface area contributed by atoms with E-state index < -0.39 is 0 Å². The fraction of sp³-hybridized carbons (Fsp3) is 0.259. The van der Waals surface area contributed by atoms with E-state index in [2.05, 4.69) is 11.1 Å². The van der Waals surface area contributed by atoms with Crippen LogP contribution in [0, 0.1) is 0 Å². The number of aromatic nitrogens is 1. The monoisotopic (exact) mass is 442 g/mol. The van der Waals surface area contributed by atoms with Crippen molar-refractivity contribution in [2.75, 3.05) is 13.7 Å². The summed E-state index contributed by atoms with van der Waals surface area (Å²) in [5.41, 5.74) is 3.04. The summed E-state index contributed by atoms with van der Waals surface area (Å²) in [5.74, 6) is 1.11. The fourth-order valence-electron chi connectivity index (χ4n) is 4.81. The van der Waals surface area contributed by atoms with E-state index in [0.717, 1.165) is 37.1 Å². The second-order valence-corrected chi connectivity index (χ2v) is 8.55. The quantitative estimate of drug-likeness (QED) is 0.615. The van der Waals surface area contributed by atoms with Crippen LogP contribution in [0.3, 0.4) is 0 Å². The average molecular weight is 443 g/mol. The molecule has 2 atom stereocenters. The minimum atomic E-state index is -0.195. The number of ketones is 1. The fourth-order valence-corrected chi connectivity index (χ4v) is 4.81. The summed E-state index contributed by atoms with van der Waals surface area (Å²) in [6.07, 6.45) is 8.72. The Balaban J connectivity index is 1.44. The third kappa shape index (κ3) is 4.22. The van der Waals surface area contributed by atoms with Gasteiger partial charge in [-0.15, -0.1) is 0 Å². The van der Waals surface area contributed by atoms with Gasteiger partial charge in [0.1, 0.15) is 24.1 Å². The first-order valence-electron chi connectivity index (χ1n) is 11.3. The van der Waals surface area contributed by atoms with Gasteiger partial charge in [-0.2, -0.15) is 0 Å². The van der Waals surface area contributed by atoms with E-state index in [1.54, 1.807) is 25.4 Å². The maximum atomic E-state index is 13.0. The number of rotatable bonds is 5. The highest BCUT2D eigenvalue weighted by molar-refractivity contribution is 6.14. The van der Waals surface area contributed by atoms with Crippen LogP contribution in [0.2, 0.25) is 0 Å². The lowest BCUT2D eigenvalue weighted by molar-refractivity contribution is -0.950. The van der Waals surface area contributed by atoms with Crippen molar-refractivity contribution in [2.24, 2.45) is 0 Å². The van der Waals surface area contributed by atoms with Crippen molar-refractivity contribution in [1.82, 2.24) is 4.98 Å². The number of piperidine rings is 1. The molecule has 1 unspecified atom stereocenters. The van der Waals surface area contributed by atoms with Crippen LogP contribution in [0.4, 0.5) is 0 Å². The van der Waals surface area contributed by atoms with Gasteiger partial charge in [-0.25, -0.2) is 0 Å². The summed E-state index contributed by atoms with van der Waals surface area (Å²) in [6.45, 7) is 1.48. The van der Waals surface area contributed by atoms with Crippen LogP contribution >= 0.6 is 0 Å². The van der Waals surface area contributed by atoms with Gasteiger partial charge < -0.3 is 19.5 Å². The average Bonchev–Trinajstić information content (AvgIpc) is 3.17. The molecule has 1 fully saturated rings. The summed E-state index contributed by atoms with van der Waals surface area (Å²) in [5, 5.41) is 12.9. The molecule has 1 saturated heterocycles. The smallest absolute Gasteiger partial charge is 0.231 e. The molecule has 0 saturated carbocycles. The van der Waals surface area contributed by atoms with Crippen molar-refractivity contribution in [2.45, 2.75) is 31.8 Å². The van der Waals surface area contributed by atoms with E-state index in [9.17, 15) is 9.90 Å². The molecule has 2 aliphatic rings. The predicted molar refractivity (Wildman–Crippen MR) is 122 cm³/mol. The van der Waals surface area contributed by atoms with Crippen molar-refractivity contribution >= 4 is 11.9 Å². The molecule has 3 heterocycles. The second-order valence-electron chi connectivity index (χ2n) is 8.55. The minimum absolute atomic E-state index is 0.0877. The summed E-state index contributed by atoms with van der Waals surface area (Å²) in [6, 6.07) is 14.8. The lowest BCUT2D eigenvalue weighted by atomic mass is 9.95. The van der Waals surface area contributed by atoms with Gasteiger partial charge in [0.15, 0.2) is 5.76 Å². The Morgan fingerprint density at radius 1 is 1.18 bits per heavy atom. The number of ether oxygens (including phenoxy) is 2. The van der Waals surface area contributed by atoms with Gasteiger partial charge in [-0.1, -0.05) is 30.0 Å². The largest absolute Gasteiger partial charge is 0.872 e. The van der Waals surface area contributed by atoms with E-state index in [4.69, 9.17) is 9.47 Å². The molecule has 1 aromatic heterocycles. The number of benzene rings is 2. The molecule has 5 rings (SSSR count). The number of quaternary nitrogens is 1. The molecular weight excluding hydrogens is 416 g/mol. The molecule has 168 valence electrons. The molecule has 1 N–H and O–H groups in total. The van der Waals surface area contributed by atoms with E-state index >= 15 is 0 Å². The van der Waals surface area contributed by atoms with Gasteiger partial charge in [-0.3, -0.25) is 9.78 Å². The van der Waals surface area contributed by atoms with Crippen LogP contribution in [0.15, 0.2) is 66.7 Å². The number of allylic oxidation sites excluding steroid dienone is 1. The molecule has 3 aromatic rings. The van der Waals surface area contributed by atoms with Crippen molar-refractivity contribution in [3.05, 3.63) is 88.9 Å². The Hall–Kier alpha value is -3.64. The number of nitrogens with one attached hydrogen (secondary N) is 1. The number of pyridine rings is 1. The standard InChI is InChI=1S/C27H26N2O4/c1-32-20-9-7-18(8-10-20)15-25-26(31)21-11-12-24(30)22(27(21)33-25)17-29-14-3-2-6-23(29)19-5-4-13-28-16-19/h4-5,7-13,15-16,23,30H,2-3,6,14,17H2,1H3/b25-15-/t23-/m0/s1. The number of likely N-dealkylation sites (tertiary alicyclic amines) is 1. The van der Waals surface area contributed by atoms with Crippen LogP contribution in [-0.2, 0) is 6.54 Å². The number of Topliss-reactive ketones (excluding diaryl/α,β-unsaturated/α-hetero) is 1. The Labute approximate surface area is 193 Å². The normalized spacial score (nSPS) is 21.0. The Morgan fingerprint density at radius 3 is 2.79 bits per heavy atom. The lowest BCUT2D eigenvalue weighted by Gasteiger charge is -2.34. The lowest BCUT2D eigenvalue weighted by Crippen LogP contribution is -3.11. The Morgan fingerprint density at radius 2 is 2.03 bits per heavy atom. The van der Waals surface area contributed by atoms with Gasteiger partial charge in [-0.05, 0) is 48.7 Å². The zero-order valence-electron chi connectivity index (χ0n) is 18.5. The van der Waals surface area contributed by atoms with E-state index in [1.807, 2.05) is 36.5 Å². The van der Waals surface area contributed by atoms with Crippen molar-refractivity contribution in [3.63, 3.8) is 0 Å². The SMILES string of the molecule is COc1ccc(/C=C2\Oc3c(ccc([O-])c3C[NH+]3CCCC[C@H]3c3cccnc3)C2=O)cc1. The van der Waals surface area contributed by atoms with Crippen LogP contribution in [0.5, 0.6) is 17.2 Å². The second kappa shape index (κ2) is 9.08. The number of methoxy groups -OCH3 is 1. The van der Waals surface area contributed by atoms with E-state index in [1.165, 1.54) is 16.5 Å². The summed E-state index contributed by atoms with van der Waals surface area (Å²) < 4.78 is 11.2. The number of carbonyl (C=O) groups excluding carboxylic acids is 1. The highest BCUT2D eigenvalue weighted by atomic mass is 16.5. The zero-order chi connectivity index (χ0) is 22.8. The Kier molecular flexibility index (Phi) is 5.84. The molecule has 2 aromatic carbocycles. The maximum Gasteiger partial charge on any atom is 0.231 e. The Bertz CT molecular complexity index is 1190. The van der Waals surface area contributed by atoms with E-state index in [0.29, 0.717) is 23.4 Å². The molecule has 6 heteroatoms. The third-order valence-electron chi connectivity index (χ3n) is 6.54. The summed E-state index contributed by atoms with van der Waals surface area (Å²) >= 11 is 0. The van der Waals surface area contributed by atoms with Gasteiger partial charge in [0.05, 0.1) is 19.2 Å². The number of carbonyl (C=O) groups is 1. The molecule has 0 bridgehead atoms.